The van der Waals surface area contributed by atoms with Crippen LogP contribution in [0, 0.1) is 0 Å². The number of carbonyl (C=O) groups excluding carboxylic acids is 1. The zero-order chi connectivity index (χ0) is 26.2. The van der Waals surface area contributed by atoms with E-state index in [1.54, 1.807) is 24.3 Å². The van der Waals surface area contributed by atoms with Crippen LogP contribution in [0.1, 0.15) is 112 Å². The van der Waals surface area contributed by atoms with Crippen LogP contribution in [-0.2, 0) is 6.42 Å². The summed E-state index contributed by atoms with van der Waals surface area (Å²) in [6.07, 6.45) is 17.6. The third kappa shape index (κ3) is 9.07. The van der Waals surface area contributed by atoms with Crippen LogP contribution in [-0.4, -0.2) is 32.2 Å². The van der Waals surface area contributed by atoms with Gasteiger partial charge in [-0.3, -0.25) is 4.79 Å². The first-order chi connectivity index (χ1) is 17.6. The minimum absolute atomic E-state index is 0.0102. The summed E-state index contributed by atoms with van der Waals surface area (Å²) >= 11 is 0. The predicted octanol–water partition coefficient (Wildman–Crippen LogP) is 8.28. The third-order valence-corrected chi connectivity index (χ3v) is 6.86. The highest BCUT2D eigenvalue weighted by Gasteiger charge is 2.23. The molecule has 1 N–H and O–H groups in total. The van der Waals surface area contributed by atoms with Crippen molar-refractivity contribution >= 4 is 5.78 Å². The Balaban J connectivity index is 1.87. The molecule has 5 heteroatoms. The molecular formula is C31H46O5. The van der Waals surface area contributed by atoms with Gasteiger partial charge in [0.05, 0.1) is 32.5 Å². The van der Waals surface area contributed by atoms with Crippen molar-refractivity contribution in [2.24, 2.45) is 0 Å². The summed E-state index contributed by atoms with van der Waals surface area (Å²) < 4.78 is 16.2. The molecule has 0 saturated carbocycles. The maximum absolute atomic E-state index is 13.5. The molecule has 0 spiro atoms. The second-order valence-corrected chi connectivity index (χ2v) is 9.54. The van der Waals surface area contributed by atoms with Crippen LogP contribution in [0.25, 0.3) is 0 Å². The molecule has 2 aromatic rings. The Morgan fingerprint density at radius 1 is 0.694 bits per heavy atom. The average Bonchev–Trinajstić information content (AvgIpc) is 2.90. The average molecular weight is 499 g/mol. The molecule has 0 unspecified atom stereocenters. The van der Waals surface area contributed by atoms with Crippen molar-refractivity contribution in [1.82, 2.24) is 0 Å². The lowest BCUT2D eigenvalue weighted by Gasteiger charge is -2.16. The predicted molar refractivity (Wildman–Crippen MR) is 147 cm³/mol. The maximum atomic E-state index is 13.5. The summed E-state index contributed by atoms with van der Waals surface area (Å²) in [6, 6.07) is 8.55. The molecule has 200 valence electrons. The third-order valence-electron chi connectivity index (χ3n) is 6.86. The Bertz CT molecular complexity index is 921. The number of ether oxygens (including phenoxy) is 3. The fourth-order valence-corrected chi connectivity index (χ4v) is 4.73. The molecule has 0 radical (unpaired) electrons. The number of phenolic OH excluding ortho intramolecular Hbond substituents is 1. The summed E-state index contributed by atoms with van der Waals surface area (Å²) in [5.41, 5.74) is 1.53. The zero-order valence-corrected chi connectivity index (χ0v) is 22.9. The van der Waals surface area contributed by atoms with Crippen LogP contribution < -0.4 is 14.2 Å². The minimum Gasteiger partial charge on any atom is -0.507 e. The van der Waals surface area contributed by atoms with Crippen LogP contribution in [0.4, 0.5) is 0 Å². The van der Waals surface area contributed by atoms with Gasteiger partial charge >= 0.3 is 0 Å². The number of phenols is 1. The van der Waals surface area contributed by atoms with E-state index in [9.17, 15) is 9.90 Å². The highest BCUT2D eigenvalue weighted by molar-refractivity contribution is 6.13. The van der Waals surface area contributed by atoms with E-state index in [2.05, 4.69) is 6.92 Å². The van der Waals surface area contributed by atoms with Crippen molar-refractivity contribution in [3.8, 4) is 23.0 Å². The lowest BCUT2D eigenvalue weighted by atomic mass is 9.93. The van der Waals surface area contributed by atoms with Crippen molar-refractivity contribution in [2.75, 3.05) is 21.3 Å². The summed E-state index contributed by atoms with van der Waals surface area (Å²) in [5.74, 6) is 1.01. The van der Waals surface area contributed by atoms with Gasteiger partial charge in [-0.15, -0.1) is 0 Å². The molecule has 0 bridgehead atoms. The number of ketones is 1. The van der Waals surface area contributed by atoms with Gasteiger partial charge in [-0.05, 0) is 30.5 Å². The number of unbranched alkanes of at least 4 members (excludes halogenated alkanes) is 12. The summed E-state index contributed by atoms with van der Waals surface area (Å²) in [6.45, 7) is 2.26. The summed E-state index contributed by atoms with van der Waals surface area (Å²) in [5, 5.41) is 10.6. The van der Waals surface area contributed by atoms with Gasteiger partial charge in [-0.25, -0.2) is 0 Å². The number of hydrogen-bond acceptors (Lipinski definition) is 5. The molecule has 0 saturated heterocycles. The topological polar surface area (TPSA) is 65.0 Å². The first-order valence-corrected chi connectivity index (χ1v) is 13.7. The van der Waals surface area contributed by atoms with Gasteiger partial charge in [-0.2, -0.15) is 0 Å². The largest absolute Gasteiger partial charge is 0.507 e. The number of hydrogen-bond donors (Lipinski definition) is 1. The maximum Gasteiger partial charge on any atom is 0.200 e. The second-order valence-electron chi connectivity index (χ2n) is 9.54. The standard InChI is InChI=1S/C31H46O5/c1-5-6-7-8-9-10-11-12-13-14-15-16-17-19-24-20-18-21-26(32)30(24)31(33)25-22-28(35-3)29(36-4)23-27(25)34-2/h18,20-23,32H,5-17,19H2,1-4H3. The van der Waals surface area contributed by atoms with Crippen molar-refractivity contribution < 1.29 is 24.1 Å². The first kappa shape index (κ1) is 29.5. The first-order valence-electron chi connectivity index (χ1n) is 13.7. The van der Waals surface area contributed by atoms with Crippen LogP contribution in [0.5, 0.6) is 23.0 Å². The van der Waals surface area contributed by atoms with E-state index in [4.69, 9.17) is 14.2 Å². The van der Waals surface area contributed by atoms with E-state index in [1.165, 1.54) is 92.0 Å². The molecule has 2 rings (SSSR count). The van der Waals surface area contributed by atoms with E-state index in [0.717, 1.165) is 24.8 Å². The van der Waals surface area contributed by atoms with E-state index < -0.39 is 0 Å². The molecule has 0 amide bonds. The number of methoxy groups -OCH3 is 3. The Morgan fingerprint density at radius 3 is 1.72 bits per heavy atom. The van der Waals surface area contributed by atoms with Gasteiger partial charge in [0.25, 0.3) is 0 Å². The Morgan fingerprint density at radius 2 is 1.19 bits per heavy atom. The monoisotopic (exact) mass is 498 g/mol. The van der Waals surface area contributed by atoms with Crippen molar-refractivity contribution in [2.45, 2.75) is 96.8 Å². The van der Waals surface area contributed by atoms with Crippen molar-refractivity contribution in [3.05, 3.63) is 47.0 Å². The van der Waals surface area contributed by atoms with Gasteiger partial charge in [0.1, 0.15) is 11.5 Å². The van der Waals surface area contributed by atoms with E-state index >= 15 is 0 Å². The van der Waals surface area contributed by atoms with Crippen LogP contribution in [0.3, 0.4) is 0 Å². The van der Waals surface area contributed by atoms with E-state index in [-0.39, 0.29) is 11.5 Å². The quantitative estimate of drug-likeness (QED) is 0.156. The smallest absolute Gasteiger partial charge is 0.200 e. The van der Waals surface area contributed by atoms with Crippen LogP contribution >= 0.6 is 0 Å². The van der Waals surface area contributed by atoms with E-state index in [0.29, 0.717) is 28.4 Å². The fraction of sp³-hybridized carbons (Fsp3) is 0.581. The molecule has 0 aromatic heterocycles. The van der Waals surface area contributed by atoms with Crippen LogP contribution in [0.15, 0.2) is 30.3 Å². The number of aromatic hydroxyl groups is 1. The molecular weight excluding hydrogens is 452 g/mol. The SMILES string of the molecule is CCCCCCCCCCCCCCCc1cccc(O)c1C(=O)c1cc(OC)c(OC)cc1OC. The number of benzene rings is 2. The molecule has 2 aromatic carbocycles. The number of aryl methyl sites for hydroxylation is 1. The summed E-state index contributed by atoms with van der Waals surface area (Å²) in [4.78, 5) is 13.5. The molecule has 0 aliphatic carbocycles. The highest BCUT2D eigenvalue weighted by Crippen LogP contribution is 2.37. The molecule has 0 aliphatic rings. The normalized spacial score (nSPS) is 10.9. The van der Waals surface area contributed by atoms with Gasteiger partial charge < -0.3 is 19.3 Å². The zero-order valence-electron chi connectivity index (χ0n) is 22.9. The fourth-order valence-electron chi connectivity index (χ4n) is 4.73. The van der Waals surface area contributed by atoms with Gasteiger partial charge in [0.2, 0.25) is 5.78 Å². The summed E-state index contributed by atoms with van der Waals surface area (Å²) in [7, 11) is 4.57. The molecule has 36 heavy (non-hydrogen) atoms. The van der Waals surface area contributed by atoms with E-state index in [1.807, 2.05) is 6.07 Å². The number of rotatable bonds is 19. The van der Waals surface area contributed by atoms with Gasteiger partial charge in [-0.1, -0.05) is 96.1 Å². The molecule has 0 atom stereocenters. The lowest BCUT2D eigenvalue weighted by molar-refractivity contribution is 0.103. The Hall–Kier alpha value is -2.69. The Kier molecular flexibility index (Phi) is 13.9. The molecule has 5 nitrogen and oxygen atoms in total. The van der Waals surface area contributed by atoms with Gasteiger partial charge in [0.15, 0.2) is 11.5 Å². The highest BCUT2D eigenvalue weighted by atomic mass is 16.5. The van der Waals surface area contributed by atoms with Crippen molar-refractivity contribution in [1.29, 1.82) is 0 Å². The molecule has 0 fully saturated rings. The molecule has 0 heterocycles. The van der Waals surface area contributed by atoms with Gasteiger partial charge in [0, 0.05) is 6.07 Å². The number of carbonyl (C=O) groups is 1. The molecule has 0 aliphatic heterocycles. The lowest BCUT2D eigenvalue weighted by Crippen LogP contribution is -2.09. The second kappa shape index (κ2) is 16.9. The Labute approximate surface area is 218 Å². The minimum atomic E-state index is -0.282. The van der Waals surface area contributed by atoms with Crippen LogP contribution in [0.2, 0.25) is 0 Å². The van der Waals surface area contributed by atoms with Crippen molar-refractivity contribution in [3.63, 3.8) is 0 Å².